The molecule has 1 aromatic rings. The first-order valence-corrected chi connectivity index (χ1v) is 10.3. The van der Waals surface area contributed by atoms with E-state index in [4.69, 9.17) is 0 Å². The van der Waals surface area contributed by atoms with Crippen molar-refractivity contribution < 1.29 is 4.79 Å². The molecule has 1 aromatic heterocycles. The molecule has 3 heterocycles. The predicted octanol–water partition coefficient (Wildman–Crippen LogP) is 3.43. The smallest absolute Gasteiger partial charge is 0.317 e. The number of amides is 2. The quantitative estimate of drug-likeness (QED) is 0.881. The lowest BCUT2D eigenvalue weighted by atomic mass is 9.81. The van der Waals surface area contributed by atoms with Gasteiger partial charge in [0.2, 0.25) is 0 Å². The highest BCUT2D eigenvalue weighted by Crippen LogP contribution is 2.37. The van der Waals surface area contributed by atoms with E-state index in [1.807, 2.05) is 23.3 Å². The molecule has 1 saturated carbocycles. The Bertz CT molecular complexity index is 733. The molecule has 5 nitrogen and oxygen atoms in total. The molecule has 5 heteroatoms. The summed E-state index contributed by atoms with van der Waals surface area (Å²) in [4.78, 5) is 27.5. The average Bonchev–Trinajstić information content (AvgIpc) is 2.62. The van der Waals surface area contributed by atoms with Gasteiger partial charge in [-0.25, -0.2) is 4.79 Å². The van der Waals surface area contributed by atoms with Crippen LogP contribution in [-0.4, -0.2) is 34.6 Å². The fourth-order valence-electron chi connectivity index (χ4n) is 5.19. The zero-order valence-electron chi connectivity index (χ0n) is 16.0. The van der Waals surface area contributed by atoms with Crippen LogP contribution >= 0.6 is 0 Å². The number of aromatic nitrogens is 1. The molecule has 0 aromatic carbocycles. The Morgan fingerprint density at radius 1 is 1.08 bits per heavy atom. The largest absolute Gasteiger partial charge is 0.336 e. The third-order valence-electron chi connectivity index (χ3n) is 6.38. The van der Waals surface area contributed by atoms with Gasteiger partial charge in [0.25, 0.3) is 5.56 Å². The fraction of sp³-hybridized carbons (Fsp3) is 0.714. The summed E-state index contributed by atoms with van der Waals surface area (Å²) in [6, 6.07) is 4.45. The summed E-state index contributed by atoms with van der Waals surface area (Å²) in [5.74, 6) is 1.12. The van der Waals surface area contributed by atoms with Gasteiger partial charge in [-0.3, -0.25) is 4.79 Å². The van der Waals surface area contributed by atoms with E-state index in [0.29, 0.717) is 11.8 Å². The van der Waals surface area contributed by atoms with Crippen LogP contribution < -0.4 is 10.9 Å². The standard InChI is InChI=1S/C21H31N3O2/c1-14(2)22-21(26)23-11-15-10-17(13-23)19-9-8-18(20(25)24(19)12-15)16-6-4-3-5-7-16/h8-9,14-17H,3-7,10-13H2,1-2H3,(H,22,26). The second-order valence-electron chi connectivity index (χ2n) is 8.77. The highest BCUT2D eigenvalue weighted by atomic mass is 16.2. The SMILES string of the molecule is CC(C)NC(=O)N1CC2CC(C1)c1ccc(C3CCCCC3)c(=O)n1C2. The number of hydrogen-bond acceptors (Lipinski definition) is 2. The first kappa shape index (κ1) is 17.6. The van der Waals surface area contributed by atoms with Crippen LogP contribution in [-0.2, 0) is 6.54 Å². The number of nitrogens with one attached hydrogen (secondary N) is 1. The molecule has 2 bridgehead atoms. The van der Waals surface area contributed by atoms with Gasteiger partial charge in [0.05, 0.1) is 0 Å². The molecular formula is C21H31N3O2. The van der Waals surface area contributed by atoms with E-state index in [2.05, 4.69) is 17.4 Å². The number of hydrogen-bond donors (Lipinski definition) is 1. The van der Waals surface area contributed by atoms with Crippen molar-refractivity contribution in [3.63, 3.8) is 0 Å². The maximum Gasteiger partial charge on any atom is 0.317 e. The Hall–Kier alpha value is -1.78. The number of piperidine rings is 1. The summed E-state index contributed by atoms with van der Waals surface area (Å²) in [5.41, 5.74) is 2.40. The van der Waals surface area contributed by atoms with Crippen molar-refractivity contribution in [2.75, 3.05) is 13.1 Å². The molecule has 26 heavy (non-hydrogen) atoms. The Morgan fingerprint density at radius 3 is 2.58 bits per heavy atom. The molecular weight excluding hydrogens is 326 g/mol. The van der Waals surface area contributed by atoms with Crippen molar-refractivity contribution in [3.05, 3.63) is 33.7 Å². The molecule has 2 aliphatic heterocycles. The Labute approximate surface area is 155 Å². The summed E-state index contributed by atoms with van der Waals surface area (Å²) >= 11 is 0. The third kappa shape index (κ3) is 3.28. The van der Waals surface area contributed by atoms with Crippen molar-refractivity contribution in [1.82, 2.24) is 14.8 Å². The van der Waals surface area contributed by atoms with Gasteiger partial charge in [-0.05, 0) is 51.0 Å². The van der Waals surface area contributed by atoms with E-state index < -0.39 is 0 Å². The lowest BCUT2D eigenvalue weighted by Gasteiger charge is -2.43. The van der Waals surface area contributed by atoms with Crippen LogP contribution in [0.2, 0.25) is 0 Å². The third-order valence-corrected chi connectivity index (χ3v) is 6.38. The van der Waals surface area contributed by atoms with Crippen molar-refractivity contribution in [2.24, 2.45) is 5.92 Å². The summed E-state index contributed by atoms with van der Waals surface area (Å²) in [5, 5.41) is 3.01. The monoisotopic (exact) mass is 357 g/mol. The molecule has 2 atom stereocenters. The molecule has 0 spiro atoms. The first-order valence-electron chi connectivity index (χ1n) is 10.3. The van der Waals surface area contributed by atoms with Gasteiger partial charge in [0.1, 0.15) is 0 Å². The molecule has 3 aliphatic rings. The average molecular weight is 357 g/mol. The van der Waals surface area contributed by atoms with Gasteiger partial charge in [-0.2, -0.15) is 0 Å². The van der Waals surface area contributed by atoms with Crippen molar-refractivity contribution in [2.45, 2.75) is 76.8 Å². The molecule has 2 unspecified atom stereocenters. The van der Waals surface area contributed by atoms with Crippen LogP contribution in [0.5, 0.6) is 0 Å². The van der Waals surface area contributed by atoms with Crippen LogP contribution in [0, 0.1) is 5.92 Å². The molecule has 1 N–H and O–H groups in total. The predicted molar refractivity (Wildman–Crippen MR) is 103 cm³/mol. The summed E-state index contributed by atoms with van der Waals surface area (Å²) in [6.45, 7) is 6.22. The van der Waals surface area contributed by atoms with Crippen LogP contribution in [0.1, 0.15) is 75.5 Å². The van der Waals surface area contributed by atoms with Crippen LogP contribution in [0.4, 0.5) is 4.79 Å². The van der Waals surface area contributed by atoms with Gasteiger partial charge in [-0.15, -0.1) is 0 Å². The molecule has 1 aliphatic carbocycles. The highest BCUT2D eigenvalue weighted by Gasteiger charge is 2.37. The molecule has 1 saturated heterocycles. The summed E-state index contributed by atoms with van der Waals surface area (Å²) < 4.78 is 2.04. The van der Waals surface area contributed by atoms with Gasteiger partial charge in [0.15, 0.2) is 0 Å². The highest BCUT2D eigenvalue weighted by molar-refractivity contribution is 5.74. The van der Waals surface area contributed by atoms with Crippen molar-refractivity contribution >= 4 is 6.03 Å². The number of nitrogens with zero attached hydrogens (tertiary/aromatic N) is 2. The molecule has 2 amide bonds. The number of rotatable bonds is 2. The minimum absolute atomic E-state index is 0.0318. The van der Waals surface area contributed by atoms with E-state index in [0.717, 1.165) is 50.2 Å². The minimum Gasteiger partial charge on any atom is -0.336 e. The molecule has 2 fully saturated rings. The number of pyridine rings is 1. The lowest BCUT2D eigenvalue weighted by Crippen LogP contribution is -2.53. The van der Waals surface area contributed by atoms with E-state index in [-0.39, 0.29) is 23.6 Å². The molecule has 0 radical (unpaired) electrons. The van der Waals surface area contributed by atoms with E-state index in [9.17, 15) is 9.59 Å². The number of carbonyl (C=O) groups excluding carboxylic acids is 1. The Kier molecular flexibility index (Phi) is 4.80. The van der Waals surface area contributed by atoms with E-state index >= 15 is 0 Å². The number of urea groups is 1. The van der Waals surface area contributed by atoms with Crippen LogP contribution in [0.25, 0.3) is 0 Å². The second kappa shape index (κ2) is 7.09. The van der Waals surface area contributed by atoms with Gasteiger partial charge in [-0.1, -0.05) is 25.3 Å². The van der Waals surface area contributed by atoms with E-state index in [1.54, 1.807) is 0 Å². The zero-order chi connectivity index (χ0) is 18.3. The maximum absolute atomic E-state index is 13.2. The van der Waals surface area contributed by atoms with Crippen molar-refractivity contribution in [3.8, 4) is 0 Å². The Balaban J connectivity index is 1.58. The fourth-order valence-corrected chi connectivity index (χ4v) is 5.19. The van der Waals surface area contributed by atoms with Gasteiger partial charge in [0, 0.05) is 42.9 Å². The van der Waals surface area contributed by atoms with Crippen LogP contribution in [0.15, 0.2) is 16.9 Å². The van der Waals surface area contributed by atoms with Crippen LogP contribution in [0.3, 0.4) is 0 Å². The molecule has 142 valence electrons. The number of carbonyl (C=O) groups is 1. The van der Waals surface area contributed by atoms with Gasteiger partial charge < -0.3 is 14.8 Å². The summed E-state index contributed by atoms with van der Waals surface area (Å²) in [7, 11) is 0. The normalized spacial score (nSPS) is 25.9. The van der Waals surface area contributed by atoms with Gasteiger partial charge >= 0.3 is 6.03 Å². The maximum atomic E-state index is 13.2. The summed E-state index contributed by atoms with van der Waals surface area (Å²) in [6.07, 6.45) is 7.21. The number of likely N-dealkylation sites (tertiary alicyclic amines) is 1. The lowest BCUT2D eigenvalue weighted by molar-refractivity contribution is 0.129. The molecule has 4 rings (SSSR count). The zero-order valence-corrected chi connectivity index (χ0v) is 16.0. The second-order valence-corrected chi connectivity index (χ2v) is 8.77. The first-order chi connectivity index (χ1) is 12.5. The van der Waals surface area contributed by atoms with E-state index in [1.165, 1.54) is 19.3 Å². The van der Waals surface area contributed by atoms with Crippen molar-refractivity contribution in [1.29, 1.82) is 0 Å². The Morgan fingerprint density at radius 2 is 1.85 bits per heavy atom. The number of fused-ring (bicyclic) bond motifs is 4. The topological polar surface area (TPSA) is 54.3 Å². The minimum atomic E-state index is 0.0318.